The molecule has 1 unspecified atom stereocenters. The molecule has 0 saturated heterocycles. The molecule has 1 aromatic rings. The van der Waals surface area contributed by atoms with Crippen molar-refractivity contribution in [1.29, 1.82) is 0 Å². The van der Waals surface area contributed by atoms with Crippen LogP contribution in [0.2, 0.25) is 0 Å². The first-order valence-electron chi connectivity index (χ1n) is 7.65. The third kappa shape index (κ3) is 4.19. The van der Waals surface area contributed by atoms with Gasteiger partial charge in [-0.3, -0.25) is 0 Å². The average molecular weight is 434 g/mol. The molecular weight excluding hydrogens is 420 g/mol. The van der Waals surface area contributed by atoms with Crippen LogP contribution in [-0.2, 0) is 17.8 Å². The van der Waals surface area contributed by atoms with Crippen molar-refractivity contribution < 1.29 is 52.7 Å². The second-order valence-corrected chi connectivity index (χ2v) is 6.42. The minimum atomic E-state index is -6.48. The molecular formula is C16H14F12. The van der Waals surface area contributed by atoms with Crippen LogP contribution in [0.5, 0.6) is 0 Å². The summed E-state index contributed by atoms with van der Waals surface area (Å²) in [6.07, 6.45) is -24.7. The Balaban J connectivity index is 4.27. The fraction of sp³-hybridized carbons (Fsp3) is 0.625. The van der Waals surface area contributed by atoms with Gasteiger partial charge in [0.15, 0.2) is 5.41 Å². The van der Waals surface area contributed by atoms with Crippen LogP contribution < -0.4 is 0 Å². The number of alkyl halides is 12. The normalized spacial score (nSPS) is 15.7. The van der Waals surface area contributed by atoms with E-state index in [1.807, 2.05) is 0 Å². The Bertz CT molecular complexity index is 653. The number of benzene rings is 1. The van der Waals surface area contributed by atoms with E-state index in [1.54, 1.807) is 0 Å². The Kier molecular flexibility index (Phi) is 6.12. The number of rotatable bonds is 3. The number of hydrogen-bond donors (Lipinski definition) is 0. The van der Waals surface area contributed by atoms with Crippen molar-refractivity contribution in [3.63, 3.8) is 0 Å². The van der Waals surface area contributed by atoms with Gasteiger partial charge in [-0.25, -0.2) is 0 Å². The Labute approximate surface area is 151 Å². The van der Waals surface area contributed by atoms with Crippen molar-refractivity contribution in [2.75, 3.05) is 0 Å². The highest BCUT2D eigenvalue weighted by atomic mass is 19.4. The molecule has 1 atom stereocenters. The lowest BCUT2D eigenvalue weighted by Crippen LogP contribution is -2.53. The fourth-order valence-corrected chi connectivity index (χ4v) is 2.61. The van der Waals surface area contributed by atoms with Crippen LogP contribution in [0.25, 0.3) is 0 Å². The largest absolute Gasteiger partial charge is 0.416 e. The van der Waals surface area contributed by atoms with Crippen molar-refractivity contribution in [2.45, 2.75) is 63.2 Å². The van der Waals surface area contributed by atoms with Crippen LogP contribution in [0.1, 0.15) is 55.4 Å². The molecule has 0 N–H and O–H groups in total. The van der Waals surface area contributed by atoms with Crippen LogP contribution >= 0.6 is 0 Å². The van der Waals surface area contributed by atoms with E-state index in [-0.39, 0.29) is 18.6 Å². The summed E-state index contributed by atoms with van der Waals surface area (Å²) in [5.74, 6) is -0.973. The smallest absolute Gasteiger partial charge is 0.170 e. The molecule has 1 rings (SSSR count). The van der Waals surface area contributed by atoms with Crippen molar-refractivity contribution in [1.82, 2.24) is 0 Å². The SMILES string of the molecule is CCC(C)c1cc(C(F)(F)F)c(C(C)(C(F)(F)F)C(F)(F)F)c(C(F)(F)F)c1. The average Bonchev–Trinajstić information content (AvgIpc) is 2.48. The number of hydrogen-bond acceptors (Lipinski definition) is 0. The van der Waals surface area contributed by atoms with E-state index in [1.165, 1.54) is 13.8 Å². The quantitative estimate of drug-likeness (QED) is 0.430. The number of halogens is 12. The zero-order chi connectivity index (χ0) is 22.5. The van der Waals surface area contributed by atoms with E-state index >= 15 is 0 Å². The standard InChI is InChI=1S/C16H14F12/c1-4-7(2)8-5-9(13(17,18)19)11(10(6-8)14(20,21)22)12(3,15(23,24)25)16(26,27)28/h5-7H,4H2,1-3H3. The Morgan fingerprint density at radius 2 is 1.04 bits per heavy atom. The maximum absolute atomic E-state index is 13.4. The van der Waals surface area contributed by atoms with Crippen molar-refractivity contribution in [3.8, 4) is 0 Å². The van der Waals surface area contributed by atoms with E-state index in [9.17, 15) is 52.7 Å². The monoisotopic (exact) mass is 434 g/mol. The van der Waals surface area contributed by atoms with Gasteiger partial charge >= 0.3 is 24.7 Å². The van der Waals surface area contributed by atoms with Crippen molar-refractivity contribution in [3.05, 3.63) is 34.4 Å². The molecule has 162 valence electrons. The molecule has 12 heteroatoms. The summed E-state index contributed by atoms with van der Waals surface area (Å²) in [6, 6.07) is -0.150. The van der Waals surface area contributed by atoms with Gasteiger partial charge in [-0.05, 0) is 37.0 Å². The summed E-state index contributed by atoms with van der Waals surface area (Å²) in [5.41, 5.74) is -14.2. The molecule has 0 aliphatic heterocycles. The lowest BCUT2D eigenvalue weighted by molar-refractivity contribution is -0.299. The summed E-state index contributed by atoms with van der Waals surface area (Å²) in [7, 11) is 0. The molecule has 28 heavy (non-hydrogen) atoms. The molecule has 0 radical (unpaired) electrons. The molecule has 0 heterocycles. The van der Waals surface area contributed by atoms with E-state index in [4.69, 9.17) is 0 Å². The highest BCUT2D eigenvalue weighted by Crippen LogP contribution is 2.57. The third-order valence-corrected chi connectivity index (χ3v) is 4.59. The lowest BCUT2D eigenvalue weighted by Gasteiger charge is -2.38. The van der Waals surface area contributed by atoms with E-state index in [0.29, 0.717) is 0 Å². The van der Waals surface area contributed by atoms with Crippen LogP contribution in [0, 0.1) is 0 Å². The van der Waals surface area contributed by atoms with Crippen LogP contribution in [0.4, 0.5) is 52.7 Å². The van der Waals surface area contributed by atoms with Crippen molar-refractivity contribution in [2.24, 2.45) is 0 Å². The first-order valence-corrected chi connectivity index (χ1v) is 7.65. The third-order valence-electron chi connectivity index (χ3n) is 4.59. The zero-order valence-electron chi connectivity index (χ0n) is 14.5. The molecule has 0 saturated carbocycles. The summed E-state index contributed by atoms with van der Waals surface area (Å²) >= 11 is 0. The van der Waals surface area contributed by atoms with Crippen LogP contribution in [0.3, 0.4) is 0 Å². The predicted molar refractivity (Wildman–Crippen MR) is 74.6 cm³/mol. The molecule has 0 amide bonds. The molecule has 0 aromatic heterocycles. The molecule has 0 fully saturated rings. The summed E-state index contributed by atoms with van der Waals surface area (Å²) < 4.78 is 160. The van der Waals surface area contributed by atoms with E-state index < -0.39 is 65.2 Å². The topological polar surface area (TPSA) is 0 Å². The van der Waals surface area contributed by atoms with Gasteiger partial charge in [0.25, 0.3) is 0 Å². The van der Waals surface area contributed by atoms with Gasteiger partial charge in [0.1, 0.15) is 0 Å². The van der Waals surface area contributed by atoms with Gasteiger partial charge in [-0.15, -0.1) is 0 Å². The van der Waals surface area contributed by atoms with Gasteiger partial charge in [0.05, 0.1) is 11.1 Å². The minimum Gasteiger partial charge on any atom is -0.170 e. The van der Waals surface area contributed by atoms with Crippen molar-refractivity contribution >= 4 is 0 Å². The van der Waals surface area contributed by atoms with Crippen LogP contribution in [-0.4, -0.2) is 12.4 Å². The maximum atomic E-state index is 13.4. The fourth-order valence-electron chi connectivity index (χ4n) is 2.61. The molecule has 0 nitrogen and oxygen atoms in total. The summed E-state index contributed by atoms with van der Waals surface area (Å²) in [5, 5.41) is 0. The highest BCUT2D eigenvalue weighted by Gasteiger charge is 2.71. The molecule has 0 spiro atoms. The summed E-state index contributed by atoms with van der Waals surface area (Å²) in [6.45, 7) is 1.85. The van der Waals surface area contributed by atoms with E-state index in [0.717, 1.165) is 0 Å². The first kappa shape index (κ1) is 24.4. The Hall–Kier alpha value is -1.62. The Morgan fingerprint density at radius 3 is 1.25 bits per heavy atom. The molecule has 1 aromatic carbocycles. The molecule has 0 aliphatic carbocycles. The predicted octanol–water partition coefficient (Wildman–Crippen LogP) is 7.62. The van der Waals surface area contributed by atoms with Gasteiger partial charge in [-0.2, -0.15) is 52.7 Å². The lowest BCUT2D eigenvalue weighted by atomic mass is 9.74. The second-order valence-electron chi connectivity index (χ2n) is 6.42. The highest BCUT2D eigenvalue weighted by molar-refractivity contribution is 5.49. The maximum Gasteiger partial charge on any atom is 0.416 e. The summed E-state index contributed by atoms with van der Waals surface area (Å²) in [4.78, 5) is 0. The Morgan fingerprint density at radius 1 is 0.714 bits per heavy atom. The minimum absolute atomic E-state index is 0.00372. The molecule has 0 bridgehead atoms. The second kappa shape index (κ2) is 7.01. The first-order chi connectivity index (χ1) is 12.2. The zero-order valence-corrected chi connectivity index (χ0v) is 14.5. The van der Waals surface area contributed by atoms with Gasteiger partial charge < -0.3 is 0 Å². The van der Waals surface area contributed by atoms with E-state index in [2.05, 4.69) is 0 Å². The molecule has 0 aliphatic rings. The van der Waals surface area contributed by atoms with Gasteiger partial charge in [0.2, 0.25) is 0 Å². The van der Waals surface area contributed by atoms with Crippen LogP contribution in [0.15, 0.2) is 12.1 Å². The van der Waals surface area contributed by atoms with Gasteiger partial charge in [-0.1, -0.05) is 13.8 Å². The van der Waals surface area contributed by atoms with Gasteiger partial charge in [0, 0.05) is 5.56 Å².